The molecule has 0 aliphatic heterocycles. The summed E-state index contributed by atoms with van der Waals surface area (Å²) in [6.45, 7) is 4.22. The summed E-state index contributed by atoms with van der Waals surface area (Å²) in [5.41, 5.74) is 0.194. The second-order valence-corrected chi connectivity index (χ2v) is 4.58. The molecule has 5 heteroatoms. The summed E-state index contributed by atoms with van der Waals surface area (Å²) < 4.78 is 0. The molecule has 5 nitrogen and oxygen atoms in total. The van der Waals surface area contributed by atoms with E-state index in [1.54, 1.807) is 7.05 Å². The standard InChI is InChI=1S/C9H14N4O/c1-9(2)5-6(9)7(14)4-8-10-12-13(3)11-8/h6H,4-5H2,1-3H3. The molecule has 0 bridgehead atoms. The molecule has 14 heavy (non-hydrogen) atoms. The lowest BCUT2D eigenvalue weighted by Crippen LogP contribution is -2.10. The Morgan fingerprint density at radius 1 is 1.64 bits per heavy atom. The highest BCUT2D eigenvalue weighted by Gasteiger charge is 2.50. The number of tetrazole rings is 1. The third-order valence-corrected chi connectivity index (χ3v) is 2.78. The molecular weight excluding hydrogens is 180 g/mol. The van der Waals surface area contributed by atoms with E-state index in [4.69, 9.17) is 0 Å². The lowest BCUT2D eigenvalue weighted by molar-refractivity contribution is -0.120. The van der Waals surface area contributed by atoms with Crippen LogP contribution in [0.4, 0.5) is 0 Å². The highest BCUT2D eigenvalue weighted by molar-refractivity contribution is 5.85. The van der Waals surface area contributed by atoms with E-state index in [1.807, 2.05) is 0 Å². The van der Waals surface area contributed by atoms with Crippen LogP contribution in [-0.4, -0.2) is 26.0 Å². The van der Waals surface area contributed by atoms with Crippen molar-refractivity contribution in [3.8, 4) is 0 Å². The average molecular weight is 194 g/mol. The Hall–Kier alpha value is -1.26. The summed E-state index contributed by atoms with van der Waals surface area (Å²) >= 11 is 0. The maximum absolute atomic E-state index is 11.7. The van der Waals surface area contributed by atoms with E-state index in [0.717, 1.165) is 6.42 Å². The minimum atomic E-state index is 0.194. The van der Waals surface area contributed by atoms with Gasteiger partial charge in [0.2, 0.25) is 0 Å². The first-order valence-electron chi connectivity index (χ1n) is 4.74. The number of rotatable bonds is 3. The molecule has 0 saturated heterocycles. The molecule has 0 aromatic carbocycles. The predicted molar refractivity (Wildman–Crippen MR) is 49.4 cm³/mol. The third kappa shape index (κ3) is 1.66. The number of Topliss-reactive ketones (excluding diaryl/α,β-unsaturated/α-hetero) is 1. The number of carbonyl (C=O) groups is 1. The molecule has 0 radical (unpaired) electrons. The smallest absolute Gasteiger partial charge is 0.182 e. The van der Waals surface area contributed by atoms with Crippen molar-refractivity contribution in [1.29, 1.82) is 0 Å². The van der Waals surface area contributed by atoms with Crippen molar-refractivity contribution in [2.75, 3.05) is 0 Å². The largest absolute Gasteiger partial charge is 0.299 e. The van der Waals surface area contributed by atoms with E-state index < -0.39 is 0 Å². The van der Waals surface area contributed by atoms with Crippen molar-refractivity contribution >= 4 is 5.78 Å². The van der Waals surface area contributed by atoms with Crippen LogP contribution in [0.25, 0.3) is 0 Å². The summed E-state index contributed by atoms with van der Waals surface area (Å²) in [6, 6.07) is 0. The Morgan fingerprint density at radius 3 is 2.71 bits per heavy atom. The van der Waals surface area contributed by atoms with Gasteiger partial charge in [-0.2, -0.15) is 4.80 Å². The van der Waals surface area contributed by atoms with Gasteiger partial charge in [0.1, 0.15) is 5.78 Å². The number of hydrogen-bond acceptors (Lipinski definition) is 4. The topological polar surface area (TPSA) is 60.7 Å². The molecule has 76 valence electrons. The summed E-state index contributed by atoms with van der Waals surface area (Å²) in [6.07, 6.45) is 1.31. The normalized spacial score (nSPS) is 23.5. The fraction of sp³-hybridized carbons (Fsp3) is 0.778. The molecule has 1 aromatic heterocycles. The molecule has 1 atom stereocenters. The van der Waals surface area contributed by atoms with E-state index in [1.165, 1.54) is 4.80 Å². The van der Waals surface area contributed by atoms with Gasteiger partial charge in [-0.15, -0.1) is 10.2 Å². The molecule has 0 spiro atoms. The van der Waals surface area contributed by atoms with Crippen LogP contribution in [0.1, 0.15) is 26.1 Å². The first-order chi connectivity index (χ1) is 6.49. The molecule has 0 amide bonds. The van der Waals surface area contributed by atoms with Gasteiger partial charge in [-0.25, -0.2) is 0 Å². The van der Waals surface area contributed by atoms with Crippen molar-refractivity contribution in [2.45, 2.75) is 26.7 Å². The fourth-order valence-corrected chi connectivity index (χ4v) is 1.69. The zero-order valence-electron chi connectivity index (χ0n) is 8.69. The lowest BCUT2D eigenvalue weighted by atomic mass is 10.1. The van der Waals surface area contributed by atoms with Crippen LogP contribution in [0.3, 0.4) is 0 Å². The van der Waals surface area contributed by atoms with Crippen molar-refractivity contribution in [3.63, 3.8) is 0 Å². The van der Waals surface area contributed by atoms with E-state index in [9.17, 15) is 4.79 Å². The van der Waals surface area contributed by atoms with Gasteiger partial charge < -0.3 is 0 Å². The lowest BCUT2D eigenvalue weighted by Gasteiger charge is -1.99. The number of carbonyl (C=O) groups excluding carboxylic acids is 1. The van der Waals surface area contributed by atoms with Crippen molar-refractivity contribution in [1.82, 2.24) is 20.2 Å². The molecule has 1 saturated carbocycles. The second kappa shape index (κ2) is 2.87. The molecule has 1 aliphatic rings. The predicted octanol–water partition coefficient (Wildman–Crippen LogP) is 0.368. The first kappa shape index (κ1) is 9.30. The third-order valence-electron chi connectivity index (χ3n) is 2.78. The Kier molecular flexibility index (Phi) is 1.90. The zero-order chi connectivity index (χ0) is 10.3. The number of aromatic nitrogens is 4. The SMILES string of the molecule is Cn1nnc(CC(=O)C2CC2(C)C)n1. The Bertz CT molecular complexity index is 369. The van der Waals surface area contributed by atoms with Crippen LogP contribution in [0.15, 0.2) is 0 Å². The Labute approximate surface area is 82.5 Å². The van der Waals surface area contributed by atoms with Gasteiger partial charge in [-0.05, 0) is 17.0 Å². The Morgan fingerprint density at radius 2 is 2.29 bits per heavy atom. The Balaban J connectivity index is 1.96. The van der Waals surface area contributed by atoms with E-state index in [0.29, 0.717) is 12.2 Å². The molecule has 0 N–H and O–H groups in total. The molecular formula is C9H14N4O. The minimum Gasteiger partial charge on any atom is -0.299 e. The fourth-order valence-electron chi connectivity index (χ4n) is 1.69. The highest BCUT2D eigenvalue weighted by atomic mass is 16.1. The quantitative estimate of drug-likeness (QED) is 0.697. The van der Waals surface area contributed by atoms with Gasteiger partial charge >= 0.3 is 0 Å². The highest BCUT2D eigenvalue weighted by Crippen LogP contribution is 2.52. The van der Waals surface area contributed by atoms with E-state index in [2.05, 4.69) is 29.3 Å². The van der Waals surface area contributed by atoms with Crippen molar-refractivity contribution in [2.24, 2.45) is 18.4 Å². The molecule has 1 fully saturated rings. The van der Waals surface area contributed by atoms with Gasteiger partial charge in [0.25, 0.3) is 0 Å². The van der Waals surface area contributed by atoms with Crippen LogP contribution >= 0.6 is 0 Å². The average Bonchev–Trinajstić information content (AvgIpc) is 2.51. The van der Waals surface area contributed by atoms with Crippen LogP contribution in [0, 0.1) is 11.3 Å². The van der Waals surface area contributed by atoms with E-state index in [-0.39, 0.29) is 17.1 Å². The monoisotopic (exact) mass is 194 g/mol. The number of hydrogen-bond donors (Lipinski definition) is 0. The maximum Gasteiger partial charge on any atom is 0.182 e. The molecule has 1 aliphatic carbocycles. The molecule has 2 rings (SSSR count). The number of nitrogens with zero attached hydrogens (tertiary/aromatic N) is 4. The first-order valence-corrected chi connectivity index (χ1v) is 4.74. The summed E-state index contributed by atoms with van der Waals surface area (Å²) in [4.78, 5) is 13.1. The van der Waals surface area contributed by atoms with Crippen molar-refractivity contribution in [3.05, 3.63) is 5.82 Å². The molecule has 1 aromatic rings. The minimum absolute atomic E-state index is 0.194. The van der Waals surface area contributed by atoms with Crippen molar-refractivity contribution < 1.29 is 4.79 Å². The second-order valence-electron chi connectivity index (χ2n) is 4.58. The molecule has 1 unspecified atom stereocenters. The van der Waals surface area contributed by atoms with Gasteiger partial charge in [0.05, 0.1) is 13.5 Å². The van der Waals surface area contributed by atoms with Crippen LogP contribution < -0.4 is 0 Å². The summed E-state index contributed by atoms with van der Waals surface area (Å²) in [5.74, 6) is 0.967. The van der Waals surface area contributed by atoms with Crippen LogP contribution in [-0.2, 0) is 18.3 Å². The maximum atomic E-state index is 11.7. The summed E-state index contributed by atoms with van der Waals surface area (Å²) in [5, 5.41) is 11.5. The van der Waals surface area contributed by atoms with Crippen LogP contribution in [0.2, 0.25) is 0 Å². The molecule has 1 heterocycles. The number of ketones is 1. The summed E-state index contributed by atoms with van der Waals surface area (Å²) in [7, 11) is 1.70. The van der Waals surface area contributed by atoms with Gasteiger partial charge in [-0.1, -0.05) is 13.8 Å². The van der Waals surface area contributed by atoms with E-state index >= 15 is 0 Å². The number of aryl methyl sites for hydroxylation is 1. The van der Waals surface area contributed by atoms with Gasteiger partial charge in [0.15, 0.2) is 5.82 Å². The van der Waals surface area contributed by atoms with Gasteiger partial charge in [-0.3, -0.25) is 4.79 Å². The van der Waals surface area contributed by atoms with Crippen LogP contribution in [0.5, 0.6) is 0 Å². The zero-order valence-corrected chi connectivity index (χ0v) is 8.69. The van der Waals surface area contributed by atoms with Gasteiger partial charge in [0, 0.05) is 5.92 Å².